The van der Waals surface area contributed by atoms with Crippen molar-refractivity contribution in [3.63, 3.8) is 0 Å². The monoisotopic (exact) mass is 324 g/mol. The van der Waals surface area contributed by atoms with E-state index in [2.05, 4.69) is 0 Å². The number of ketones is 1. The minimum atomic E-state index is -6.09. The van der Waals surface area contributed by atoms with Crippen LogP contribution in [0.25, 0.3) is 0 Å². The molecule has 0 saturated carbocycles. The van der Waals surface area contributed by atoms with Crippen molar-refractivity contribution in [2.75, 3.05) is 30.5 Å². The highest BCUT2D eigenvalue weighted by atomic mass is 32.2. The van der Waals surface area contributed by atoms with Gasteiger partial charge in [-0.05, 0) is 10.9 Å². The van der Waals surface area contributed by atoms with Crippen LogP contribution >= 0.6 is 0 Å². The summed E-state index contributed by atoms with van der Waals surface area (Å²) in [7, 11) is -5.74. The molecular formula is C9H15F3O5S2. The fraction of sp³-hybridized carbons (Fsp3) is 0.889. The normalized spacial score (nSPS) is 17.5. The minimum absolute atomic E-state index is 0.351. The summed E-state index contributed by atoms with van der Waals surface area (Å²) in [6.45, 7) is 3.66. The predicted molar refractivity (Wildman–Crippen MR) is 63.8 cm³/mol. The van der Waals surface area contributed by atoms with Crippen molar-refractivity contribution in [3.8, 4) is 0 Å². The van der Waals surface area contributed by atoms with Crippen molar-refractivity contribution in [3.05, 3.63) is 0 Å². The zero-order valence-electron chi connectivity index (χ0n) is 10.2. The van der Waals surface area contributed by atoms with Crippen LogP contribution in [0.15, 0.2) is 0 Å². The fourth-order valence-electron chi connectivity index (χ4n) is 1.03. The molecule has 1 aliphatic rings. The van der Waals surface area contributed by atoms with Crippen LogP contribution in [0.1, 0.15) is 13.3 Å². The number of carbonyl (C=O) groups is 1. The van der Waals surface area contributed by atoms with Crippen LogP contribution in [0, 0.1) is 0 Å². The Morgan fingerprint density at radius 1 is 1.32 bits per heavy atom. The van der Waals surface area contributed by atoms with Gasteiger partial charge in [0.2, 0.25) is 0 Å². The summed E-state index contributed by atoms with van der Waals surface area (Å²) in [6, 6.07) is 0. The molecule has 0 aromatic carbocycles. The Balaban J connectivity index is 0.000000362. The smallest absolute Gasteiger partial charge is 0.485 e. The lowest BCUT2D eigenvalue weighted by Gasteiger charge is -2.13. The van der Waals surface area contributed by atoms with Gasteiger partial charge in [-0.25, -0.2) is 8.42 Å². The largest absolute Gasteiger partial charge is 0.741 e. The van der Waals surface area contributed by atoms with E-state index >= 15 is 0 Å². The summed E-state index contributed by atoms with van der Waals surface area (Å²) in [5.74, 6) is 3.42. The topological polar surface area (TPSA) is 83.5 Å². The number of Topliss-reactive ketones (excluding diaryl/α,β-unsaturated/α-hetero) is 1. The first kappa shape index (κ1) is 18.7. The van der Waals surface area contributed by atoms with Crippen LogP contribution in [-0.4, -0.2) is 54.7 Å². The second kappa shape index (κ2) is 8.08. The Bertz CT molecular complexity index is 374. The molecule has 1 heterocycles. The summed E-state index contributed by atoms with van der Waals surface area (Å²) in [5, 5.41) is 0. The summed E-state index contributed by atoms with van der Waals surface area (Å²) in [4.78, 5) is 11.0. The zero-order valence-corrected chi connectivity index (χ0v) is 11.9. The van der Waals surface area contributed by atoms with Gasteiger partial charge in [-0.15, -0.1) is 0 Å². The number of ether oxygens (including phenoxy) is 1. The zero-order chi connectivity index (χ0) is 15.1. The van der Waals surface area contributed by atoms with Gasteiger partial charge in [0, 0.05) is 6.42 Å². The van der Waals surface area contributed by atoms with E-state index in [1.54, 1.807) is 0 Å². The van der Waals surface area contributed by atoms with Gasteiger partial charge in [-0.2, -0.15) is 13.2 Å². The molecular weight excluding hydrogens is 309 g/mol. The number of hydrogen-bond donors (Lipinski definition) is 0. The fourth-order valence-corrected chi connectivity index (χ4v) is 2.89. The number of carbonyl (C=O) groups excluding carboxylic acids is 1. The molecule has 10 heteroatoms. The molecule has 0 radical (unpaired) electrons. The quantitative estimate of drug-likeness (QED) is 0.433. The van der Waals surface area contributed by atoms with Gasteiger partial charge < -0.3 is 9.29 Å². The van der Waals surface area contributed by atoms with Crippen molar-refractivity contribution in [1.82, 2.24) is 0 Å². The summed E-state index contributed by atoms with van der Waals surface area (Å²) < 4.78 is 64.1. The lowest BCUT2D eigenvalue weighted by Crippen LogP contribution is -2.31. The van der Waals surface area contributed by atoms with Gasteiger partial charge in [-0.1, -0.05) is 6.92 Å². The second-order valence-electron chi connectivity index (χ2n) is 3.57. The van der Waals surface area contributed by atoms with Gasteiger partial charge in [0.15, 0.2) is 21.7 Å². The summed E-state index contributed by atoms with van der Waals surface area (Å²) in [5.41, 5.74) is -5.65. The van der Waals surface area contributed by atoms with Gasteiger partial charge in [-0.3, -0.25) is 4.79 Å². The highest BCUT2D eigenvalue weighted by Crippen LogP contribution is 2.20. The Morgan fingerprint density at radius 2 is 1.74 bits per heavy atom. The summed E-state index contributed by atoms with van der Waals surface area (Å²) in [6.07, 6.45) is 0.699. The van der Waals surface area contributed by atoms with Gasteiger partial charge >= 0.3 is 5.51 Å². The molecule has 5 nitrogen and oxygen atoms in total. The number of alkyl halides is 3. The minimum Gasteiger partial charge on any atom is -0.741 e. The molecule has 0 spiro atoms. The van der Waals surface area contributed by atoms with Crippen molar-refractivity contribution in [2.45, 2.75) is 18.9 Å². The molecule has 0 unspecified atom stereocenters. The lowest BCUT2D eigenvalue weighted by molar-refractivity contribution is -0.116. The van der Waals surface area contributed by atoms with Gasteiger partial charge in [0.25, 0.3) is 0 Å². The Kier molecular flexibility index (Phi) is 7.94. The average Bonchev–Trinajstić information content (AvgIpc) is 2.28. The van der Waals surface area contributed by atoms with E-state index in [4.69, 9.17) is 17.7 Å². The number of halogens is 3. The van der Waals surface area contributed by atoms with Crippen LogP contribution in [0.5, 0.6) is 0 Å². The third-order valence-electron chi connectivity index (χ3n) is 2.08. The van der Waals surface area contributed by atoms with E-state index in [0.29, 0.717) is 23.1 Å². The first-order valence-electron chi connectivity index (χ1n) is 5.33. The maximum atomic E-state index is 11.0. The molecule has 0 amide bonds. The molecule has 0 aliphatic carbocycles. The van der Waals surface area contributed by atoms with E-state index < -0.39 is 15.6 Å². The Morgan fingerprint density at radius 3 is 2.05 bits per heavy atom. The number of hydrogen-bond acceptors (Lipinski definition) is 5. The predicted octanol–water partition coefficient (Wildman–Crippen LogP) is 0.665. The molecule has 1 rings (SSSR count). The van der Waals surface area contributed by atoms with Crippen LogP contribution in [0.4, 0.5) is 13.2 Å². The SMILES string of the molecule is CCC(=O)C[S+]1CCOCC1.O=S(=O)([O-])C(F)(F)F. The first-order chi connectivity index (χ1) is 8.58. The highest BCUT2D eigenvalue weighted by Gasteiger charge is 2.36. The molecule has 0 aromatic heterocycles. The molecule has 1 saturated heterocycles. The standard InChI is InChI=1S/C8H15O2S.CHF3O3S/c1-2-8(9)7-11-5-3-10-4-6-11;2-1(3,4)8(5,6)7/h2-7H2,1H3;(H,5,6,7)/q+1;/p-1. The van der Waals surface area contributed by atoms with Gasteiger partial charge in [0.1, 0.15) is 11.5 Å². The Labute approximate surface area is 112 Å². The third-order valence-corrected chi connectivity index (χ3v) is 4.86. The van der Waals surface area contributed by atoms with Crippen LogP contribution < -0.4 is 0 Å². The summed E-state index contributed by atoms with van der Waals surface area (Å²) >= 11 is 0. The van der Waals surface area contributed by atoms with Crippen molar-refractivity contribution in [1.29, 1.82) is 0 Å². The maximum absolute atomic E-state index is 11.0. The molecule has 0 N–H and O–H groups in total. The van der Waals surface area contributed by atoms with Crippen molar-refractivity contribution >= 4 is 26.8 Å². The van der Waals surface area contributed by atoms with E-state index in [9.17, 15) is 18.0 Å². The first-order valence-corrected chi connectivity index (χ1v) is 8.47. The van der Waals surface area contributed by atoms with E-state index in [-0.39, 0.29) is 0 Å². The van der Waals surface area contributed by atoms with E-state index in [1.807, 2.05) is 6.92 Å². The molecule has 1 aliphatic heterocycles. The molecule has 1 fully saturated rings. The van der Waals surface area contributed by atoms with E-state index in [0.717, 1.165) is 30.5 Å². The lowest BCUT2D eigenvalue weighted by atomic mass is 10.4. The molecule has 0 bridgehead atoms. The second-order valence-corrected chi connectivity index (χ2v) is 7.27. The number of rotatable bonds is 3. The maximum Gasteiger partial charge on any atom is 0.485 e. The van der Waals surface area contributed by atoms with Crippen LogP contribution in [0.2, 0.25) is 0 Å². The van der Waals surface area contributed by atoms with Crippen molar-refractivity contribution in [2.24, 2.45) is 0 Å². The van der Waals surface area contributed by atoms with E-state index in [1.165, 1.54) is 0 Å². The third kappa shape index (κ3) is 8.45. The van der Waals surface area contributed by atoms with Crippen LogP contribution in [0.3, 0.4) is 0 Å². The Hall–Kier alpha value is -0.320. The molecule has 0 atom stereocenters. The molecule has 19 heavy (non-hydrogen) atoms. The van der Waals surface area contributed by atoms with Crippen LogP contribution in [-0.2, 0) is 30.5 Å². The molecule has 0 aromatic rings. The molecule has 114 valence electrons. The van der Waals surface area contributed by atoms with Crippen molar-refractivity contribution < 1.29 is 35.7 Å². The average molecular weight is 324 g/mol. The van der Waals surface area contributed by atoms with Gasteiger partial charge in [0.05, 0.1) is 13.2 Å². The highest BCUT2D eigenvalue weighted by molar-refractivity contribution is 7.97.